The van der Waals surface area contributed by atoms with Crippen LogP contribution >= 0.6 is 0 Å². The number of hydrogen-bond donors (Lipinski definition) is 0. The van der Waals surface area contributed by atoms with Crippen LogP contribution in [0.3, 0.4) is 0 Å². The molecule has 0 fully saturated rings. The zero-order chi connectivity index (χ0) is 7.78. The summed E-state index contributed by atoms with van der Waals surface area (Å²) in [4.78, 5) is 0. The highest BCUT2D eigenvalue weighted by molar-refractivity contribution is 5.29. The van der Waals surface area contributed by atoms with Crippen molar-refractivity contribution in [3.63, 3.8) is 0 Å². The molecule has 0 atom stereocenters. The highest BCUT2D eigenvalue weighted by Crippen LogP contribution is 2.32. The van der Waals surface area contributed by atoms with Gasteiger partial charge in [0, 0.05) is 0 Å². The average Bonchev–Trinajstić information content (AvgIpc) is 1.79. The lowest BCUT2D eigenvalue weighted by molar-refractivity contribution is 0.456. The van der Waals surface area contributed by atoms with Crippen LogP contribution in [-0.2, 0) is 0 Å². The van der Waals surface area contributed by atoms with Gasteiger partial charge in [0.1, 0.15) is 5.83 Å². The van der Waals surface area contributed by atoms with Gasteiger partial charge >= 0.3 is 0 Å². The Labute approximate surface area is 61.4 Å². The summed E-state index contributed by atoms with van der Waals surface area (Å²) < 4.78 is 12.9. The van der Waals surface area contributed by atoms with E-state index in [-0.39, 0.29) is 11.2 Å². The summed E-state index contributed by atoms with van der Waals surface area (Å²) in [6, 6.07) is 0. The second-order valence-corrected chi connectivity index (χ2v) is 3.57. The first-order chi connectivity index (χ1) is 4.51. The monoisotopic (exact) mass is 140 g/mol. The van der Waals surface area contributed by atoms with E-state index in [2.05, 4.69) is 0 Å². The molecule has 1 rings (SSSR count). The lowest BCUT2D eigenvalue weighted by Crippen LogP contribution is -2.10. The van der Waals surface area contributed by atoms with E-state index in [0.29, 0.717) is 0 Å². The topological polar surface area (TPSA) is 0 Å². The summed E-state index contributed by atoms with van der Waals surface area (Å²) in [6.45, 7) is 5.88. The number of rotatable bonds is 0. The second-order valence-electron chi connectivity index (χ2n) is 3.57. The summed E-state index contributed by atoms with van der Waals surface area (Å²) in [6.07, 6.45) is 4.60. The number of allylic oxidation sites excluding steroid dienone is 4. The van der Waals surface area contributed by atoms with Gasteiger partial charge in [-0.2, -0.15) is 0 Å². The maximum Gasteiger partial charge on any atom is 0.122 e. The average molecular weight is 140 g/mol. The van der Waals surface area contributed by atoms with Crippen LogP contribution in [0.1, 0.15) is 27.2 Å². The molecule has 56 valence electrons. The molecule has 1 heteroatoms. The van der Waals surface area contributed by atoms with Crippen molar-refractivity contribution in [1.82, 2.24) is 0 Å². The van der Waals surface area contributed by atoms with Gasteiger partial charge in [-0.05, 0) is 30.4 Å². The minimum absolute atomic E-state index is 0.0175. The predicted molar refractivity (Wildman–Crippen MR) is 41.3 cm³/mol. The van der Waals surface area contributed by atoms with Crippen LogP contribution in [0, 0.1) is 5.41 Å². The second kappa shape index (κ2) is 2.22. The van der Waals surface area contributed by atoms with Crippen LogP contribution in [0.15, 0.2) is 23.6 Å². The van der Waals surface area contributed by atoms with Crippen molar-refractivity contribution in [3.05, 3.63) is 23.6 Å². The van der Waals surface area contributed by atoms with E-state index >= 15 is 0 Å². The molecule has 0 aromatic carbocycles. The molecular formula is C9H13F. The largest absolute Gasteiger partial charge is 0.207 e. The Morgan fingerprint density at radius 2 is 2.10 bits per heavy atom. The molecule has 0 aliphatic heterocycles. The van der Waals surface area contributed by atoms with Gasteiger partial charge < -0.3 is 0 Å². The van der Waals surface area contributed by atoms with Gasteiger partial charge in [0.15, 0.2) is 0 Å². The molecule has 0 saturated carbocycles. The van der Waals surface area contributed by atoms with Crippen LogP contribution in [0.5, 0.6) is 0 Å². The standard InChI is InChI=1S/C9H13F/c1-7-4-5-9(2,3)6-8(7)10/h4,6H,5H2,1-3H3. The zero-order valence-electron chi connectivity index (χ0n) is 6.74. The minimum Gasteiger partial charge on any atom is -0.207 e. The van der Waals surface area contributed by atoms with E-state index in [0.717, 1.165) is 12.0 Å². The first-order valence-electron chi connectivity index (χ1n) is 3.57. The third kappa shape index (κ3) is 1.47. The molecule has 0 N–H and O–H groups in total. The Balaban J connectivity index is 2.87. The summed E-state index contributed by atoms with van der Waals surface area (Å²) in [7, 11) is 0. The third-order valence-corrected chi connectivity index (χ3v) is 1.83. The molecule has 0 spiro atoms. The molecule has 0 nitrogen and oxygen atoms in total. The molecule has 0 unspecified atom stereocenters. The molecular weight excluding hydrogens is 127 g/mol. The molecule has 0 saturated heterocycles. The molecule has 0 bridgehead atoms. The van der Waals surface area contributed by atoms with Crippen LogP contribution in [0.2, 0.25) is 0 Å². The molecule has 0 heterocycles. The maximum atomic E-state index is 12.9. The van der Waals surface area contributed by atoms with Crippen LogP contribution < -0.4 is 0 Å². The fourth-order valence-corrected chi connectivity index (χ4v) is 1.03. The zero-order valence-corrected chi connectivity index (χ0v) is 6.74. The lowest BCUT2D eigenvalue weighted by atomic mass is 9.84. The van der Waals surface area contributed by atoms with Gasteiger partial charge in [-0.3, -0.25) is 0 Å². The molecule has 10 heavy (non-hydrogen) atoms. The molecule has 1 aliphatic carbocycles. The third-order valence-electron chi connectivity index (χ3n) is 1.83. The van der Waals surface area contributed by atoms with Gasteiger partial charge in [-0.1, -0.05) is 19.9 Å². The van der Waals surface area contributed by atoms with Crippen molar-refractivity contribution in [2.45, 2.75) is 27.2 Å². The van der Waals surface area contributed by atoms with E-state index in [1.54, 1.807) is 13.0 Å². The maximum absolute atomic E-state index is 12.9. The Kier molecular flexibility index (Phi) is 1.67. The van der Waals surface area contributed by atoms with E-state index in [9.17, 15) is 4.39 Å². The van der Waals surface area contributed by atoms with E-state index < -0.39 is 0 Å². The van der Waals surface area contributed by atoms with E-state index in [4.69, 9.17) is 0 Å². The fourth-order valence-electron chi connectivity index (χ4n) is 1.03. The Morgan fingerprint density at radius 3 is 2.50 bits per heavy atom. The summed E-state index contributed by atoms with van der Waals surface area (Å²) >= 11 is 0. The quantitative estimate of drug-likeness (QED) is 0.484. The fraction of sp³-hybridized carbons (Fsp3) is 0.556. The highest BCUT2D eigenvalue weighted by atomic mass is 19.1. The van der Waals surface area contributed by atoms with Crippen molar-refractivity contribution in [2.75, 3.05) is 0 Å². The van der Waals surface area contributed by atoms with Gasteiger partial charge in [-0.25, -0.2) is 4.39 Å². The van der Waals surface area contributed by atoms with E-state index in [1.165, 1.54) is 0 Å². The summed E-state index contributed by atoms with van der Waals surface area (Å²) in [5.41, 5.74) is 0.795. The van der Waals surface area contributed by atoms with Crippen molar-refractivity contribution in [2.24, 2.45) is 5.41 Å². The van der Waals surface area contributed by atoms with Gasteiger partial charge in [0.2, 0.25) is 0 Å². The lowest BCUT2D eigenvalue weighted by Gasteiger charge is -2.22. The molecule has 0 aromatic rings. The Morgan fingerprint density at radius 1 is 1.50 bits per heavy atom. The van der Waals surface area contributed by atoms with Crippen molar-refractivity contribution < 1.29 is 4.39 Å². The van der Waals surface area contributed by atoms with Crippen LogP contribution in [-0.4, -0.2) is 0 Å². The number of halogens is 1. The van der Waals surface area contributed by atoms with E-state index in [1.807, 2.05) is 19.9 Å². The first-order valence-corrected chi connectivity index (χ1v) is 3.57. The molecule has 0 aromatic heterocycles. The summed E-state index contributed by atoms with van der Waals surface area (Å²) in [5.74, 6) is -0.0590. The summed E-state index contributed by atoms with van der Waals surface area (Å²) in [5, 5.41) is 0. The highest BCUT2D eigenvalue weighted by Gasteiger charge is 2.19. The minimum atomic E-state index is -0.0590. The smallest absolute Gasteiger partial charge is 0.122 e. The first kappa shape index (κ1) is 7.52. The van der Waals surface area contributed by atoms with Gasteiger partial charge in [0.25, 0.3) is 0 Å². The van der Waals surface area contributed by atoms with Crippen molar-refractivity contribution >= 4 is 0 Å². The van der Waals surface area contributed by atoms with Crippen molar-refractivity contribution in [3.8, 4) is 0 Å². The van der Waals surface area contributed by atoms with Crippen LogP contribution in [0.4, 0.5) is 4.39 Å². The van der Waals surface area contributed by atoms with Gasteiger partial charge in [0.05, 0.1) is 0 Å². The normalized spacial score (nSPS) is 23.6. The van der Waals surface area contributed by atoms with Gasteiger partial charge in [-0.15, -0.1) is 0 Å². The van der Waals surface area contributed by atoms with Crippen LogP contribution in [0.25, 0.3) is 0 Å². The SMILES string of the molecule is CC1=CCC(C)(C)C=C1F. The Bertz CT molecular complexity index is 197. The predicted octanol–water partition coefficient (Wildman–Crippen LogP) is 3.22. The Hall–Kier alpha value is -0.590. The van der Waals surface area contributed by atoms with Crippen molar-refractivity contribution in [1.29, 1.82) is 0 Å². The number of hydrogen-bond acceptors (Lipinski definition) is 0. The molecule has 1 aliphatic rings. The molecule has 0 amide bonds. The molecule has 0 radical (unpaired) electrons.